The average Bonchev–Trinajstić information content (AvgIpc) is 3.01. The minimum absolute atomic E-state index is 0.0236. The van der Waals surface area contributed by atoms with E-state index in [2.05, 4.69) is 5.16 Å². The molecule has 0 unspecified atom stereocenters. The van der Waals surface area contributed by atoms with Crippen molar-refractivity contribution in [2.75, 3.05) is 19.1 Å². The van der Waals surface area contributed by atoms with E-state index in [1.165, 1.54) is 23.3 Å². The van der Waals surface area contributed by atoms with Crippen molar-refractivity contribution >= 4 is 28.8 Å². The van der Waals surface area contributed by atoms with Crippen molar-refractivity contribution in [2.24, 2.45) is 10.9 Å². The summed E-state index contributed by atoms with van der Waals surface area (Å²) in [5.41, 5.74) is 6.78. The van der Waals surface area contributed by atoms with E-state index in [0.29, 0.717) is 21.9 Å². The van der Waals surface area contributed by atoms with Gasteiger partial charge in [-0.05, 0) is 35.7 Å². The van der Waals surface area contributed by atoms with Crippen LogP contribution in [0.1, 0.15) is 15.2 Å². The number of carbonyl (C=O) groups excluding carboxylic acids is 1. The first-order chi connectivity index (χ1) is 10.1. The second-order valence-corrected chi connectivity index (χ2v) is 5.13. The van der Waals surface area contributed by atoms with Crippen LogP contribution in [0.15, 0.2) is 40.9 Å². The molecule has 0 aliphatic heterocycles. The number of oxime groups is 1. The third kappa shape index (κ3) is 2.97. The second kappa shape index (κ2) is 6.27. The fraction of sp³-hybridized carbons (Fsp3) is 0.143. The van der Waals surface area contributed by atoms with Crippen LogP contribution in [0.3, 0.4) is 0 Å². The van der Waals surface area contributed by atoms with Gasteiger partial charge in [0.25, 0.3) is 5.91 Å². The van der Waals surface area contributed by atoms with E-state index in [9.17, 15) is 4.79 Å². The molecule has 1 amide bonds. The van der Waals surface area contributed by atoms with Crippen LogP contribution in [0.2, 0.25) is 0 Å². The Morgan fingerprint density at radius 2 is 2.00 bits per heavy atom. The third-order valence-electron chi connectivity index (χ3n) is 3.01. The number of nitrogens with two attached hydrogens (primary N) is 1. The first-order valence-electron chi connectivity index (χ1n) is 6.06. The minimum atomic E-state index is -0.154. The van der Waals surface area contributed by atoms with Crippen molar-refractivity contribution < 1.29 is 14.7 Å². The third-order valence-corrected chi connectivity index (χ3v) is 3.89. The molecule has 2 rings (SSSR count). The molecule has 0 radical (unpaired) electrons. The molecule has 0 aliphatic rings. The van der Waals surface area contributed by atoms with Crippen LogP contribution in [0.5, 0.6) is 5.75 Å². The van der Waals surface area contributed by atoms with Crippen molar-refractivity contribution in [3.05, 3.63) is 46.2 Å². The van der Waals surface area contributed by atoms with Gasteiger partial charge in [-0.15, -0.1) is 11.3 Å². The Bertz CT molecular complexity index is 664. The van der Waals surface area contributed by atoms with Crippen LogP contribution in [-0.2, 0) is 0 Å². The molecule has 1 heterocycles. The largest absolute Gasteiger partial charge is 0.495 e. The molecule has 110 valence electrons. The van der Waals surface area contributed by atoms with Gasteiger partial charge in [-0.1, -0.05) is 5.16 Å². The normalized spacial score (nSPS) is 11.2. The summed E-state index contributed by atoms with van der Waals surface area (Å²) in [4.78, 5) is 14.5. The Morgan fingerprint density at radius 1 is 1.33 bits per heavy atom. The van der Waals surface area contributed by atoms with Crippen LogP contribution in [0.25, 0.3) is 0 Å². The molecule has 0 atom stereocenters. The summed E-state index contributed by atoms with van der Waals surface area (Å²) in [5, 5.41) is 13.4. The van der Waals surface area contributed by atoms with Crippen LogP contribution >= 0.6 is 11.3 Å². The summed E-state index contributed by atoms with van der Waals surface area (Å²) >= 11 is 1.33. The van der Waals surface area contributed by atoms with Crippen molar-refractivity contribution in [2.45, 2.75) is 0 Å². The van der Waals surface area contributed by atoms with Crippen molar-refractivity contribution in [1.82, 2.24) is 0 Å². The highest BCUT2D eigenvalue weighted by Crippen LogP contribution is 2.27. The highest BCUT2D eigenvalue weighted by molar-refractivity contribution is 7.12. The number of hydrogen-bond acceptors (Lipinski definition) is 5. The number of amides is 1. The van der Waals surface area contributed by atoms with Crippen LogP contribution in [-0.4, -0.2) is 31.1 Å². The van der Waals surface area contributed by atoms with Crippen LogP contribution in [0, 0.1) is 0 Å². The number of anilines is 1. The number of hydrogen-bond donors (Lipinski definition) is 2. The first-order valence-corrected chi connectivity index (χ1v) is 6.94. The summed E-state index contributed by atoms with van der Waals surface area (Å²) in [6.45, 7) is 0. The second-order valence-electron chi connectivity index (χ2n) is 4.21. The molecule has 0 bridgehead atoms. The number of ether oxygens (including phenoxy) is 1. The van der Waals surface area contributed by atoms with Crippen molar-refractivity contribution in [3.8, 4) is 5.75 Å². The Balaban J connectivity index is 2.24. The zero-order valence-electron chi connectivity index (χ0n) is 11.6. The molecule has 0 spiro atoms. The molecular formula is C14H15N3O3S. The molecule has 3 N–H and O–H groups in total. The van der Waals surface area contributed by atoms with Gasteiger partial charge in [-0.3, -0.25) is 4.79 Å². The molecular weight excluding hydrogens is 290 g/mol. The average molecular weight is 305 g/mol. The Labute approximate surface area is 126 Å². The van der Waals surface area contributed by atoms with Crippen LogP contribution in [0.4, 0.5) is 5.69 Å². The molecule has 0 saturated carbocycles. The Morgan fingerprint density at radius 3 is 2.57 bits per heavy atom. The number of amidine groups is 1. The molecule has 0 aliphatic carbocycles. The monoisotopic (exact) mass is 305 g/mol. The number of thiophene rings is 1. The van der Waals surface area contributed by atoms with Gasteiger partial charge in [0.2, 0.25) is 0 Å². The summed E-state index contributed by atoms with van der Waals surface area (Å²) in [6, 6.07) is 8.57. The molecule has 7 heteroatoms. The van der Waals surface area contributed by atoms with Gasteiger partial charge >= 0.3 is 0 Å². The Hall–Kier alpha value is -2.54. The summed E-state index contributed by atoms with van der Waals surface area (Å²) in [7, 11) is 3.21. The fourth-order valence-electron chi connectivity index (χ4n) is 1.80. The zero-order valence-corrected chi connectivity index (χ0v) is 12.4. The van der Waals surface area contributed by atoms with E-state index >= 15 is 0 Å². The van der Waals surface area contributed by atoms with E-state index < -0.39 is 0 Å². The van der Waals surface area contributed by atoms with Gasteiger partial charge in [0, 0.05) is 18.3 Å². The van der Waals surface area contributed by atoms with Crippen molar-refractivity contribution in [3.63, 3.8) is 0 Å². The molecule has 0 saturated heterocycles. The van der Waals surface area contributed by atoms with E-state index in [4.69, 9.17) is 15.7 Å². The summed E-state index contributed by atoms with van der Waals surface area (Å²) < 4.78 is 5.16. The van der Waals surface area contributed by atoms with E-state index in [0.717, 1.165) is 0 Å². The Kier molecular flexibility index (Phi) is 4.44. The predicted molar refractivity (Wildman–Crippen MR) is 82.6 cm³/mol. The number of rotatable bonds is 4. The number of methoxy groups -OCH3 is 1. The van der Waals surface area contributed by atoms with Gasteiger partial charge in [0.1, 0.15) is 10.6 Å². The van der Waals surface area contributed by atoms with Crippen LogP contribution < -0.4 is 15.4 Å². The predicted octanol–water partition coefficient (Wildman–Crippen LogP) is 2.13. The molecule has 2 aromatic rings. The lowest BCUT2D eigenvalue weighted by Crippen LogP contribution is -2.25. The maximum absolute atomic E-state index is 12.4. The minimum Gasteiger partial charge on any atom is -0.495 e. The summed E-state index contributed by atoms with van der Waals surface area (Å²) in [5.74, 6) is 0.430. The fourth-order valence-corrected chi connectivity index (χ4v) is 2.63. The standard InChI is InChI=1S/C14H15N3O3S/c1-17(14(18)12-11(20-2)7-8-21-12)10-5-3-9(4-6-10)13(15)16-19/h3-8,19H,1-2H3,(H2,15,16). The maximum atomic E-state index is 12.4. The van der Waals surface area contributed by atoms with Crippen molar-refractivity contribution in [1.29, 1.82) is 0 Å². The quantitative estimate of drug-likeness (QED) is 0.392. The number of nitrogens with zero attached hydrogens (tertiary/aromatic N) is 2. The van der Waals surface area contributed by atoms with E-state index in [1.807, 2.05) is 0 Å². The smallest absolute Gasteiger partial charge is 0.271 e. The lowest BCUT2D eigenvalue weighted by Gasteiger charge is -2.17. The zero-order chi connectivity index (χ0) is 15.4. The highest BCUT2D eigenvalue weighted by atomic mass is 32.1. The van der Waals surface area contributed by atoms with Gasteiger partial charge in [-0.2, -0.15) is 0 Å². The van der Waals surface area contributed by atoms with Gasteiger partial charge in [-0.25, -0.2) is 0 Å². The lowest BCUT2D eigenvalue weighted by molar-refractivity contribution is 0.0994. The SMILES string of the molecule is COc1ccsc1C(=O)N(C)c1ccc(/C(N)=N/O)cc1. The lowest BCUT2D eigenvalue weighted by atomic mass is 10.2. The molecule has 6 nitrogen and oxygen atoms in total. The molecule has 1 aromatic carbocycles. The molecule has 0 fully saturated rings. The summed E-state index contributed by atoms with van der Waals surface area (Å²) in [6.07, 6.45) is 0. The van der Waals surface area contributed by atoms with Gasteiger partial charge in [0.05, 0.1) is 7.11 Å². The van der Waals surface area contributed by atoms with Gasteiger partial charge < -0.3 is 20.6 Å². The van der Waals surface area contributed by atoms with Gasteiger partial charge in [0.15, 0.2) is 5.84 Å². The van der Waals surface area contributed by atoms with E-state index in [-0.39, 0.29) is 11.7 Å². The molecule has 21 heavy (non-hydrogen) atoms. The molecule has 1 aromatic heterocycles. The number of carbonyl (C=O) groups is 1. The first kappa shape index (κ1) is 14.9. The maximum Gasteiger partial charge on any atom is 0.271 e. The topological polar surface area (TPSA) is 88.2 Å². The highest BCUT2D eigenvalue weighted by Gasteiger charge is 2.19. The number of benzene rings is 1. The van der Waals surface area contributed by atoms with E-state index in [1.54, 1.807) is 42.8 Å².